The molecule has 0 saturated carbocycles. The zero-order valence-corrected chi connectivity index (χ0v) is 13.5. The van der Waals surface area contributed by atoms with Crippen molar-refractivity contribution in [2.45, 2.75) is 25.2 Å². The maximum Gasteiger partial charge on any atom is 0.316 e. The summed E-state index contributed by atoms with van der Waals surface area (Å²) in [5.41, 5.74) is 5.06. The average Bonchev–Trinajstić information content (AvgIpc) is 2.22. The second-order valence-corrected chi connectivity index (χ2v) is 3.92. The van der Waals surface area contributed by atoms with Gasteiger partial charge in [0, 0.05) is 20.1 Å². The van der Waals surface area contributed by atoms with E-state index in [-0.39, 0.29) is 0 Å². The van der Waals surface area contributed by atoms with Gasteiger partial charge in [-0.15, -0.1) is 0 Å². The fraction of sp³-hybridized carbons (Fsp3) is 0.857. The third-order valence-corrected chi connectivity index (χ3v) is 3.40. The smallest absolute Gasteiger partial charge is 0.316 e. The van der Waals surface area contributed by atoms with Crippen LogP contribution < -0.4 is 11.1 Å². The monoisotopic (exact) mass is 252 g/mol. The van der Waals surface area contributed by atoms with Gasteiger partial charge < -0.3 is 19.3 Å². The Hall–Kier alpha value is -0.416. The Morgan fingerprint density at radius 3 is 2.40 bits per heavy atom. The highest BCUT2D eigenvalue weighted by Gasteiger charge is 2.28. The molecule has 2 amide bonds. The first-order chi connectivity index (χ1) is 7.10. The molecule has 0 radical (unpaired) electrons. The molecule has 0 aromatic rings. The first-order valence-electron chi connectivity index (χ1n) is 4.77. The SMILES string of the molecule is COCCCCC(NC(N)=O)(O[SiH3])O[SiH3]. The van der Waals surface area contributed by atoms with E-state index in [1.807, 2.05) is 0 Å². The molecule has 0 bridgehead atoms. The van der Waals surface area contributed by atoms with Crippen molar-refractivity contribution in [3.05, 3.63) is 0 Å². The number of nitrogens with two attached hydrogens (primary N) is 1. The first-order valence-corrected chi connectivity index (χ1v) is 6.40. The summed E-state index contributed by atoms with van der Waals surface area (Å²) in [5.74, 6) is -1.00. The van der Waals surface area contributed by atoms with E-state index in [1.54, 1.807) is 7.11 Å². The van der Waals surface area contributed by atoms with E-state index in [9.17, 15) is 4.79 Å². The van der Waals surface area contributed by atoms with Gasteiger partial charge in [-0.05, 0) is 12.8 Å². The molecule has 0 aromatic heterocycles. The quantitative estimate of drug-likeness (QED) is 0.290. The molecular weight excluding hydrogens is 232 g/mol. The van der Waals surface area contributed by atoms with Crippen molar-refractivity contribution >= 4 is 27.0 Å². The standard InChI is InChI=1S/C7H20N2O4Si2/c1-11-5-3-2-4-7(12-14,13-15)9-6(8)10/h2-5H2,1,14-15H3,(H3,8,9,10). The zero-order chi connectivity index (χ0) is 11.7. The van der Waals surface area contributed by atoms with E-state index in [2.05, 4.69) is 5.32 Å². The highest BCUT2D eigenvalue weighted by atomic mass is 28.2. The van der Waals surface area contributed by atoms with Gasteiger partial charge in [0.15, 0.2) is 21.0 Å². The summed E-state index contributed by atoms with van der Waals surface area (Å²) >= 11 is 0. The van der Waals surface area contributed by atoms with Crippen LogP contribution in [0.5, 0.6) is 0 Å². The molecule has 6 nitrogen and oxygen atoms in total. The van der Waals surface area contributed by atoms with E-state index >= 15 is 0 Å². The van der Waals surface area contributed by atoms with Gasteiger partial charge in [0.05, 0.1) is 0 Å². The van der Waals surface area contributed by atoms with E-state index < -0.39 is 11.9 Å². The van der Waals surface area contributed by atoms with Crippen LogP contribution in [0.25, 0.3) is 0 Å². The van der Waals surface area contributed by atoms with Gasteiger partial charge in [-0.1, -0.05) is 0 Å². The summed E-state index contributed by atoms with van der Waals surface area (Å²) < 4.78 is 15.5. The molecule has 0 rings (SSSR count). The molecular formula is C7H20N2O4Si2. The summed E-state index contributed by atoms with van der Waals surface area (Å²) in [7, 11) is 2.61. The second-order valence-electron chi connectivity index (χ2n) is 3.10. The number of carbonyl (C=O) groups is 1. The molecule has 0 aliphatic rings. The lowest BCUT2D eigenvalue weighted by Crippen LogP contribution is -2.54. The minimum atomic E-state index is -1.00. The van der Waals surface area contributed by atoms with Crippen LogP contribution in [0, 0.1) is 0 Å². The predicted octanol–water partition coefficient (Wildman–Crippen LogP) is -2.28. The Kier molecular flexibility index (Phi) is 7.60. The van der Waals surface area contributed by atoms with Crippen LogP contribution in [-0.2, 0) is 13.6 Å². The molecule has 8 heteroatoms. The van der Waals surface area contributed by atoms with Crippen LogP contribution >= 0.6 is 0 Å². The third-order valence-electron chi connectivity index (χ3n) is 2.08. The Labute approximate surface area is 95.9 Å². The molecule has 0 saturated heterocycles. The number of nitrogens with one attached hydrogen (secondary N) is 1. The van der Waals surface area contributed by atoms with Crippen LogP contribution in [0.15, 0.2) is 0 Å². The zero-order valence-electron chi connectivity index (χ0n) is 9.54. The van der Waals surface area contributed by atoms with Crippen molar-refractivity contribution in [3.8, 4) is 0 Å². The Morgan fingerprint density at radius 2 is 2.00 bits per heavy atom. The van der Waals surface area contributed by atoms with Crippen molar-refractivity contribution in [1.29, 1.82) is 0 Å². The lowest BCUT2D eigenvalue weighted by atomic mass is 10.2. The van der Waals surface area contributed by atoms with Crippen LogP contribution in [0.1, 0.15) is 19.3 Å². The first kappa shape index (κ1) is 14.6. The van der Waals surface area contributed by atoms with Gasteiger partial charge in [-0.3, -0.25) is 5.32 Å². The van der Waals surface area contributed by atoms with Gasteiger partial charge in [-0.25, -0.2) is 4.79 Å². The van der Waals surface area contributed by atoms with E-state index in [0.29, 0.717) is 34.0 Å². The minimum absolute atomic E-state index is 0.476. The molecule has 0 unspecified atom stereocenters. The molecule has 0 aliphatic carbocycles. The number of urea groups is 1. The minimum Gasteiger partial charge on any atom is -0.386 e. The molecule has 0 aromatic carbocycles. The van der Waals surface area contributed by atoms with Gasteiger partial charge in [0.25, 0.3) is 0 Å². The highest BCUT2D eigenvalue weighted by molar-refractivity contribution is 6.00. The fourth-order valence-corrected chi connectivity index (χ4v) is 2.52. The van der Waals surface area contributed by atoms with Crippen molar-refractivity contribution in [2.75, 3.05) is 13.7 Å². The topological polar surface area (TPSA) is 82.8 Å². The molecule has 0 spiro atoms. The van der Waals surface area contributed by atoms with E-state index in [4.69, 9.17) is 19.3 Å². The number of methoxy groups -OCH3 is 1. The number of primary amides is 1. The summed E-state index contributed by atoms with van der Waals surface area (Å²) in [5, 5.41) is 2.49. The largest absolute Gasteiger partial charge is 0.386 e. The summed E-state index contributed by atoms with van der Waals surface area (Å²) in [6.07, 6.45) is 2.33. The lowest BCUT2D eigenvalue weighted by Gasteiger charge is -2.32. The van der Waals surface area contributed by atoms with Crippen molar-refractivity contribution in [1.82, 2.24) is 5.32 Å². The number of hydrogen-bond donors (Lipinski definition) is 2. The number of unbranched alkanes of at least 4 members (excludes halogenated alkanes) is 1. The van der Waals surface area contributed by atoms with Crippen molar-refractivity contribution in [3.63, 3.8) is 0 Å². The summed E-state index contributed by atoms with van der Waals surface area (Å²) in [6, 6.07) is -0.631. The summed E-state index contributed by atoms with van der Waals surface area (Å²) in [6.45, 7) is 0.689. The third kappa shape index (κ3) is 5.90. The Balaban J connectivity index is 4.05. The molecule has 15 heavy (non-hydrogen) atoms. The lowest BCUT2D eigenvalue weighted by molar-refractivity contribution is -0.130. The van der Waals surface area contributed by atoms with Crippen LogP contribution in [0.2, 0.25) is 0 Å². The number of amides is 2. The molecule has 0 aliphatic heterocycles. The van der Waals surface area contributed by atoms with Gasteiger partial charge in [0.1, 0.15) is 0 Å². The van der Waals surface area contributed by atoms with Crippen LogP contribution in [0.3, 0.4) is 0 Å². The van der Waals surface area contributed by atoms with Crippen molar-refractivity contribution < 1.29 is 18.4 Å². The number of ether oxygens (including phenoxy) is 1. The van der Waals surface area contributed by atoms with E-state index in [1.165, 1.54) is 0 Å². The van der Waals surface area contributed by atoms with E-state index in [0.717, 1.165) is 12.8 Å². The van der Waals surface area contributed by atoms with Gasteiger partial charge in [0.2, 0.25) is 5.91 Å². The molecule has 0 atom stereocenters. The second kappa shape index (κ2) is 7.82. The maximum atomic E-state index is 10.8. The molecule has 3 N–H and O–H groups in total. The number of rotatable bonds is 8. The Morgan fingerprint density at radius 1 is 1.40 bits per heavy atom. The number of hydrogen-bond acceptors (Lipinski definition) is 4. The number of carbonyl (C=O) groups excluding carboxylic acids is 1. The molecule has 90 valence electrons. The fourth-order valence-electron chi connectivity index (χ4n) is 1.24. The molecule has 0 fully saturated rings. The predicted molar refractivity (Wildman–Crippen MR) is 63.2 cm³/mol. The normalized spacial score (nSPS) is 15.0. The van der Waals surface area contributed by atoms with Gasteiger partial charge in [-0.2, -0.15) is 0 Å². The van der Waals surface area contributed by atoms with Crippen molar-refractivity contribution in [2.24, 2.45) is 5.73 Å². The maximum absolute atomic E-state index is 10.8. The average molecular weight is 252 g/mol. The highest BCUT2D eigenvalue weighted by Crippen LogP contribution is 2.15. The van der Waals surface area contributed by atoms with Crippen LogP contribution in [-0.4, -0.2) is 46.6 Å². The Bertz CT molecular complexity index is 190. The van der Waals surface area contributed by atoms with Gasteiger partial charge >= 0.3 is 6.03 Å². The summed E-state index contributed by atoms with van der Waals surface area (Å²) in [4.78, 5) is 10.8. The van der Waals surface area contributed by atoms with Crippen LogP contribution in [0.4, 0.5) is 4.79 Å². The molecule has 0 heterocycles.